The van der Waals surface area contributed by atoms with E-state index in [1.165, 1.54) is 11.3 Å². The van der Waals surface area contributed by atoms with Gasteiger partial charge < -0.3 is 10.1 Å². The number of carbonyl (C=O) groups is 3. The lowest BCUT2D eigenvalue weighted by atomic mass is 10.1. The summed E-state index contributed by atoms with van der Waals surface area (Å²) in [6, 6.07) is 11.5. The summed E-state index contributed by atoms with van der Waals surface area (Å²) in [5.74, 6) is -0.485. The van der Waals surface area contributed by atoms with E-state index in [1.807, 2.05) is 25.3 Å². The Morgan fingerprint density at radius 1 is 1.15 bits per heavy atom. The van der Waals surface area contributed by atoms with Gasteiger partial charge in [-0.3, -0.25) is 9.59 Å². The molecule has 5 nitrogen and oxygen atoms in total. The molecule has 1 aromatic heterocycles. The standard InChI is InChI=1S/C19H21NO4S2/c1-13-8-9-17(26-13)16(21)12-24-19(23)15(10-11-25-2)20-18(22)14-6-4-3-5-7-14/h3-9,15H,10-12H2,1-2H3,(H,20,22)/t15-/m1/s1. The molecule has 1 heterocycles. The number of amides is 1. The number of thiophene rings is 1. The summed E-state index contributed by atoms with van der Waals surface area (Å²) in [5.41, 5.74) is 0.472. The molecule has 138 valence electrons. The van der Waals surface area contributed by atoms with E-state index >= 15 is 0 Å². The van der Waals surface area contributed by atoms with Crippen molar-refractivity contribution in [2.45, 2.75) is 19.4 Å². The zero-order valence-corrected chi connectivity index (χ0v) is 16.3. The van der Waals surface area contributed by atoms with Crippen molar-refractivity contribution in [3.63, 3.8) is 0 Å². The quantitative estimate of drug-likeness (QED) is 0.524. The van der Waals surface area contributed by atoms with Gasteiger partial charge in [-0.25, -0.2) is 4.79 Å². The zero-order valence-electron chi connectivity index (χ0n) is 14.7. The van der Waals surface area contributed by atoms with Crippen LogP contribution in [-0.2, 0) is 9.53 Å². The fourth-order valence-corrected chi connectivity index (χ4v) is 3.47. The summed E-state index contributed by atoms with van der Waals surface area (Å²) >= 11 is 2.93. The molecule has 1 N–H and O–H groups in total. The normalized spacial score (nSPS) is 11.6. The molecule has 1 aromatic carbocycles. The highest BCUT2D eigenvalue weighted by Crippen LogP contribution is 2.16. The number of ether oxygens (including phenoxy) is 1. The predicted molar refractivity (Wildman–Crippen MR) is 105 cm³/mol. The minimum absolute atomic E-state index is 0.241. The molecule has 1 atom stereocenters. The second-order valence-electron chi connectivity index (χ2n) is 5.61. The lowest BCUT2D eigenvalue weighted by molar-refractivity contribution is -0.144. The first-order valence-corrected chi connectivity index (χ1v) is 10.3. The van der Waals surface area contributed by atoms with Gasteiger partial charge in [-0.2, -0.15) is 11.8 Å². The van der Waals surface area contributed by atoms with Crippen molar-refractivity contribution in [3.8, 4) is 0 Å². The van der Waals surface area contributed by atoms with Gasteiger partial charge in [0.25, 0.3) is 5.91 Å². The number of aryl methyl sites for hydroxylation is 1. The Morgan fingerprint density at radius 2 is 1.88 bits per heavy atom. The molecule has 0 saturated heterocycles. The Hall–Kier alpha value is -2.12. The first kappa shape index (κ1) is 20.2. The summed E-state index contributed by atoms with van der Waals surface area (Å²) in [6.45, 7) is 1.58. The van der Waals surface area contributed by atoms with Gasteiger partial charge in [0.05, 0.1) is 4.88 Å². The molecule has 2 aromatic rings. The van der Waals surface area contributed by atoms with Gasteiger partial charge >= 0.3 is 5.97 Å². The van der Waals surface area contributed by atoms with Crippen LogP contribution in [0.3, 0.4) is 0 Å². The smallest absolute Gasteiger partial charge is 0.329 e. The van der Waals surface area contributed by atoms with Crippen molar-refractivity contribution in [3.05, 3.63) is 57.8 Å². The molecule has 0 radical (unpaired) electrons. The van der Waals surface area contributed by atoms with E-state index in [1.54, 1.807) is 42.1 Å². The molecule has 0 aliphatic carbocycles. The van der Waals surface area contributed by atoms with Crippen molar-refractivity contribution < 1.29 is 19.1 Å². The van der Waals surface area contributed by atoms with Crippen molar-refractivity contribution in [1.82, 2.24) is 5.32 Å². The fourth-order valence-electron chi connectivity index (χ4n) is 2.21. The van der Waals surface area contributed by atoms with Crippen molar-refractivity contribution in [1.29, 1.82) is 0 Å². The molecule has 0 unspecified atom stereocenters. The predicted octanol–water partition coefficient (Wildman–Crippen LogP) is 3.33. The van der Waals surface area contributed by atoms with Crippen LogP contribution in [0.25, 0.3) is 0 Å². The van der Waals surface area contributed by atoms with Crippen LogP contribution in [0.5, 0.6) is 0 Å². The Balaban J connectivity index is 1.95. The van der Waals surface area contributed by atoms with E-state index in [4.69, 9.17) is 4.74 Å². The number of rotatable bonds is 9. The van der Waals surface area contributed by atoms with Gasteiger partial charge in [0.1, 0.15) is 6.04 Å². The highest BCUT2D eigenvalue weighted by molar-refractivity contribution is 7.98. The van der Waals surface area contributed by atoms with Crippen LogP contribution in [0.15, 0.2) is 42.5 Å². The Bertz CT molecular complexity index is 758. The van der Waals surface area contributed by atoms with Gasteiger partial charge in [-0.05, 0) is 49.6 Å². The third-order valence-corrected chi connectivity index (χ3v) is 5.28. The number of Topliss-reactive ketones (excluding diaryl/α,β-unsaturated/α-hetero) is 1. The Morgan fingerprint density at radius 3 is 2.50 bits per heavy atom. The molecule has 0 aliphatic heterocycles. The minimum Gasteiger partial charge on any atom is -0.456 e. The summed E-state index contributed by atoms with van der Waals surface area (Å²) in [6.07, 6.45) is 2.36. The van der Waals surface area contributed by atoms with Crippen LogP contribution in [-0.4, -0.2) is 42.3 Å². The molecule has 0 spiro atoms. The number of esters is 1. The molecule has 0 fully saturated rings. The van der Waals surface area contributed by atoms with Gasteiger partial charge in [-0.15, -0.1) is 11.3 Å². The minimum atomic E-state index is -0.784. The second kappa shape index (κ2) is 10.1. The van der Waals surface area contributed by atoms with Crippen molar-refractivity contribution in [2.75, 3.05) is 18.6 Å². The average Bonchev–Trinajstić information content (AvgIpc) is 3.09. The number of benzene rings is 1. The van der Waals surface area contributed by atoms with Crippen LogP contribution < -0.4 is 5.32 Å². The van der Waals surface area contributed by atoms with Gasteiger partial charge in [0, 0.05) is 10.4 Å². The van der Waals surface area contributed by atoms with E-state index < -0.39 is 12.0 Å². The second-order valence-corrected chi connectivity index (χ2v) is 7.89. The van der Waals surface area contributed by atoms with Gasteiger partial charge in [0.2, 0.25) is 5.78 Å². The van der Waals surface area contributed by atoms with Crippen LogP contribution >= 0.6 is 23.1 Å². The van der Waals surface area contributed by atoms with Gasteiger partial charge in [-0.1, -0.05) is 18.2 Å². The molecule has 7 heteroatoms. The maximum atomic E-state index is 12.4. The first-order valence-electron chi connectivity index (χ1n) is 8.12. The van der Waals surface area contributed by atoms with E-state index in [2.05, 4.69) is 5.32 Å². The molecule has 0 aliphatic rings. The van der Waals surface area contributed by atoms with Crippen LogP contribution in [0.1, 0.15) is 31.3 Å². The summed E-state index contributed by atoms with van der Waals surface area (Å²) in [7, 11) is 0. The highest BCUT2D eigenvalue weighted by Gasteiger charge is 2.23. The number of hydrogen-bond acceptors (Lipinski definition) is 6. The lowest BCUT2D eigenvalue weighted by Crippen LogP contribution is -2.42. The van der Waals surface area contributed by atoms with Crippen LogP contribution in [0.4, 0.5) is 0 Å². The Labute approximate surface area is 161 Å². The molecular formula is C19H21NO4S2. The maximum Gasteiger partial charge on any atom is 0.329 e. The highest BCUT2D eigenvalue weighted by atomic mass is 32.2. The molecule has 1 amide bonds. The number of ketones is 1. The molecular weight excluding hydrogens is 370 g/mol. The number of thioether (sulfide) groups is 1. The zero-order chi connectivity index (χ0) is 18.9. The number of carbonyl (C=O) groups excluding carboxylic acids is 3. The fraction of sp³-hybridized carbons (Fsp3) is 0.316. The first-order chi connectivity index (χ1) is 12.5. The molecule has 26 heavy (non-hydrogen) atoms. The van der Waals surface area contributed by atoms with E-state index in [9.17, 15) is 14.4 Å². The van der Waals surface area contributed by atoms with E-state index in [0.29, 0.717) is 22.6 Å². The maximum absolute atomic E-state index is 12.4. The molecule has 2 rings (SSSR count). The molecule has 0 bridgehead atoms. The summed E-state index contributed by atoms with van der Waals surface area (Å²) < 4.78 is 5.16. The van der Waals surface area contributed by atoms with Gasteiger partial charge in [0.15, 0.2) is 6.61 Å². The summed E-state index contributed by atoms with van der Waals surface area (Å²) in [4.78, 5) is 38.3. The van der Waals surface area contributed by atoms with Crippen LogP contribution in [0, 0.1) is 6.92 Å². The summed E-state index contributed by atoms with van der Waals surface area (Å²) in [5, 5.41) is 2.70. The topological polar surface area (TPSA) is 72.5 Å². The van der Waals surface area contributed by atoms with Crippen molar-refractivity contribution >= 4 is 40.8 Å². The third kappa shape index (κ3) is 6.00. The molecule has 0 saturated carbocycles. The third-order valence-electron chi connectivity index (χ3n) is 3.60. The monoisotopic (exact) mass is 391 g/mol. The lowest BCUT2D eigenvalue weighted by Gasteiger charge is -2.17. The number of hydrogen-bond donors (Lipinski definition) is 1. The Kier molecular flexibility index (Phi) is 7.87. The average molecular weight is 392 g/mol. The SMILES string of the molecule is CSCC[C@@H](NC(=O)c1ccccc1)C(=O)OCC(=O)c1ccc(C)s1. The van der Waals surface area contributed by atoms with Crippen LogP contribution in [0.2, 0.25) is 0 Å². The van der Waals surface area contributed by atoms with E-state index in [0.717, 1.165) is 4.88 Å². The largest absolute Gasteiger partial charge is 0.456 e. The van der Waals surface area contributed by atoms with E-state index in [-0.39, 0.29) is 18.3 Å². The number of nitrogens with one attached hydrogen (secondary N) is 1. The van der Waals surface area contributed by atoms with Crippen molar-refractivity contribution in [2.24, 2.45) is 0 Å².